The van der Waals surface area contributed by atoms with Gasteiger partial charge in [0.1, 0.15) is 43.8 Å². The van der Waals surface area contributed by atoms with Crippen LogP contribution in [-0.4, -0.2) is 86.6 Å². The lowest BCUT2D eigenvalue weighted by Gasteiger charge is -2.29. The molecule has 0 radical (unpaired) electrons. The molecule has 7 N–H and O–H groups in total. The van der Waals surface area contributed by atoms with Crippen LogP contribution in [0.3, 0.4) is 0 Å². The third-order valence-electron chi connectivity index (χ3n) is 9.06. The number of H-pyrrole nitrogens is 1. The first-order valence-electron chi connectivity index (χ1n) is 17.0. The van der Waals surface area contributed by atoms with Gasteiger partial charge in [0, 0.05) is 6.42 Å². The first-order chi connectivity index (χ1) is 24.7. The standard InChI is InChI=1S/C34H46FN7O10/c1-5-17(3)25(36)31(45)51-21(13-24(43)48-14-19-10-8-7-9-11-19)28(52-32(46)26(37)18(4)6-2)33(47)49-15-22-20(35)12-23(50-22)42-16-39-27-29(42)40-34(38)41-30(27)44/h7-11,16-18,20-23,25-26,28H,5-6,12-15,36-37H2,1-4H3,(H3,38,40,41,44)/t17-,18-,20?,21?,22+,23+,25-,26-,28?/m0/s1. The van der Waals surface area contributed by atoms with Crippen molar-refractivity contribution in [2.24, 2.45) is 23.3 Å². The lowest BCUT2D eigenvalue weighted by atomic mass is 9.99. The Morgan fingerprint density at radius 3 is 2.27 bits per heavy atom. The molecule has 1 aliphatic heterocycles. The van der Waals surface area contributed by atoms with E-state index < -0.39 is 85.3 Å². The molecular weight excluding hydrogens is 685 g/mol. The molecule has 18 heteroatoms. The largest absolute Gasteiger partial charge is 0.461 e. The highest BCUT2D eigenvalue weighted by Crippen LogP contribution is 2.33. The van der Waals surface area contributed by atoms with Gasteiger partial charge in [-0.1, -0.05) is 70.9 Å². The number of nitrogens with two attached hydrogens (primary N) is 3. The topological polar surface area (TPSA) is 256 Å². The maximum absolute atomic E-state index is 15.3. The van der Waals surface area contributed by atoms with E-state index in [1.165, 1.54) is 10.9 Å². The molecule has 1 aromatic carbocycles. The summed E-state index contributed by atoms with van der Waals surface area (Å²) in [7, 11) is 0. The van der Waals surface area contributed by atoms with Crippen LogP contribution in [0.1, 0.15) is 65.2 Å². The van der Waals surface area contributed by atoms with Crippen molar-refractivity contribution in [3.8, 4) is 0 Å². The molecule has 0 spiro atoms. The molecule has 52 heavy (non-hydrogen) atoms. The van der Waals surface area contributed by atoms with E-state index in [1.54, 1.807) is 51.1 Å². The Kier molecular flexibility index (Phi) is 13.8. The number of fused-ring (bicyclic) bond motifs is 1. The number of esters is 4. The fraction of sp³-hybridized carbons (Fsp3) is 0.559. The summed E-state index contributed by atoms with van der Waals surface area (Å²) < 4.78 is 44.3. The van der Waals surface area contributed by atoms with Crippen molar-refractivity contribution in [3.05, 3.63) is 52.6 Å². The molecule has 1 fully saturated rings. The van der Waals surface area contributed by atoms with Crippen molar-refractivity contribution in [1.29, 1.82) is 0 Å². The zero-order valence-electron chi connectivity index (χ0n) is 29.4. The number of benzene rings is 1. The van der Waals surface area contributed by atoms with Crippen molar-refractivity contribution < 1.29 is 47.3 Å². The van der Waals surface area contributed by atoms with E-state index in [4.69, 9.17) is 40.9 Å². The number of nitrogens with one attached hydrogen (secondary N) is 1. The molecule has 3 aromatic rings. The molecule has 0 amide bonds. The number of carbonyl (C=O) groups is 4. The van der Waals surface area contributed by atoms with Crippen LogP contribution in [0.15, 0.2) is 41.5 Å². The van der Waals surface area contributed by atoms with Gasteiger partial charge in [0.15, 0.2) is 17.3 Å². The number of alkyl halides is 1. The van der Waals surface area contributed by atoms with Crippen molar-refractivity contribution in [2.75, 3.05) is 12.3 Å². The van der Waals surface area contributed by atoms with E-state index >= 15 is 4.39 Å². The summed E-state index contributed by atoms with van der Waals surface area (Å²) in [4.78, 5) is 75.8. The second-order valence-corrected chi connectivity index (χ2v) is 12.8. The van der Waals surface area contributed by atoms with Gasteiger partial charge in [-0.25, -0.2) is 14.2 Å². The maximum Gasteiger partial charge on any atom is 0.351 e. The maximum atomic E-state index is 15.3. The molecule has 17 nitrogen and oxygen atoms in total. The highest BCUT2D eigenvalue weighted by atomic mass is 19.1. The number of carbonyl (C=O) groups excluding carboxylic acids is 4. The van der Waals surface area contributed by atoms with E-state index in [2.05, 4.69) is 15.0 Å². The van der Waals surface area contributed by atoms with E-state index in [1.807, 2.05) is 6.92 Å². The monoisotopic (exact) mass is 731 g/mol. The van der Waals surface area contributed by atoms with E-state index in [-0.39, 0.29) is 42.0 Å². The number of hydrogen-bond donors (Lipinski definition) is 4. The van der Waals surface area contributed by atoms with Crippen LogP contribution >= 0.6 is 0 Å². The van der Waals surface area contributed by atoms with Crippen LogP contribution in [-0.2, 0) is 49.5 Å². The van der Waals surface area contributed by atoms with Crippen molar-refractivity contribution in [3.63, 3.8) is 0 Å². The first-order valence-corrected chi connectivity index (χ1v) is 17.0. The van der Waals surface area contributed by atoms with Crippen LogP contribution in [0, 0.1) is 11.8 Å². The smallest absolute Gasteiger partial charge is 0.351 e. The van der Waals surface area contributed by atoms with Crippen LogP contribution in [0.2, 0.25) is 0 Å². The SMILES string of the molecule is CC[C@H](C)[C@H](N)C(=O)OC(CC(=O)OCc1ccccc1)C(OC(=O)[C@@H](N)[C@@H](C)CC)C(=O)OC[C@H]1O[C@@H](n2cnc3c(=O)[nH]c(N)nc32)CC1F. The van der Waals surface area contributed by atoms with Gasteiger partial charge in [-0.05, 0) is 17.4 Å². The zero-order chi connectivity index (χ0) is 38.1. The minimum atomic E-state index is -2.04. The third-order valence-corrected chi connectivity index (χ3v) is 9.06. The number of nitrogens with zero attached hydrogens (tertiary/aromatic N) is 3. The Morgan fingerprint density at radius 2 is 1.63 bits per heavy atom. The Morgan fingerprint density at radius 1 is 1.00 bits per heavy atom. The molecule has 284 valence electrons. The van der Waals surface area contributed by atoms with Gasteiger partial charge in [0.25, 0.3) is 5.56 Å². The number of anilines is 1. The van der Waals surface area contributed by atoms with Crippen LogP contribution < -0.4 is 22.8 Å². The lowest BCUT2D eigenvalue weighted by molar-refractivity contribution is -0.188. The molecule has 3 heterocycles. The summed E-state index contributed by atoms with van der Waals surface area (Å²) in [6, 6.07) is 6.38. The molecule has 0 bridgehead atoms. The van der Waals surface area contributed by atoms with Gasteiger partial charge < -0.3 is 40.9 Å². The Balaban J connectivity index is 1.56. The number of halogens is 1. The second kappa shape index (κ2) is 18.0. The van der Waals surface area contributed by atoms with Crippen LogP contribution in [0.4, 0.5) is 10.3 Å². The molecule has 1 saturated heterocycles. The van der Waals surface area contributed by atoms with Gasteiger partial charge in [-0.15, -0.1) is 0 Å². The molecule has 3 unspecified atom stereocenters. The summed E-state index contributed by atoms with van der Waals surface area (Å²) >= 11 is 0. The summed E-state index contributed by atoms with van der Waals surface area (Å²) in [6.45, 7) is 6.19. The number of rotatable bonds is 17. The summed E-state index contributed by atoms with van der Waals surface area (Å²) in [5, 5.41) is 0. The number of nitrogen functional groups attached to an aromatic ring is 1. The van der Waals surface area contributed by atoms with Gasteiger partial charge in [-0.2, -0.15) is 4.98 Å². The van der Waals surface area contributed by atoms with E-state index in [9.17, 15) is 24.0 Å². The predicted molar refractivity (Wildman–Crippen MR) is 182 cm³/mol. The summed E-state index contributed by atoms with van der Waals surface area (Å²) in [5.74, 6) is -5.09. The molecule has 4 rings (SSSR count). The minimum absolute atomic E-state index is 0.0423. The predicted octanol–water partition coefficient (Wildman–Crippen LogP) is 1.57. The van der Waals surface area contributed by atoms with Crippen molar-refractivity contribution in [2.45, 2.75) is 103 Å². The van der Waals surface area contributed by atoms with Crippen LogP contribution in [0.25, 0.3) is 11.2 Å². The van der Waals surface area contributed by atoms with Crippen molar-refractivity contribution >= 4 is 41.0 Å². The second-order valence-electron chi connectivity index (χ2n) is 12.8. The number of aromatic amines is 1. The van der Waals surface area contributed by atoms with E-state index in [0.717, 1.165) is 0 Å². The average Bonchev–Trinajstić information content (AvgIpc) is 3.73. The van der Waals surface area contributed by atoms with E-state index in [0.29, 0.717) is 18.4 Å². The molecular formula is C34H46FN7O10. The molecule has 2 aromatic heterocycles. The number of hydrogen-bond acceptors (Lipinski definition) is 15. The first kappa shape index (κ1) is 39.8. The van der Waals surface area contributed by atoms with Crippen LogP contribution in [0.5, 0.6) is 0 Å². The Bertz CT molecular complexity index is 1750. The quantitative estimate of drug-likeness (QED) is 0.114. The fourth-order valence-corrected chi connectivity index (χ4v) is 5.26. The molecule has 1 aliphatic rings. The Hall–Kier alpha value is -4.94. The third kappa shape index (κ3) is 9.89. The van der Waals surface area contributed by atoms with Gasteiger partial charge in [0.2, 0.25) is 12.1 Å². The highest BCUT2D eigenvalue weighted by molar-refractivity contribution is 5.84. The molecule has 0 saturated carbocycles. The molecule has 9 atom stereocenters. The minimum Gasteiger partial charge on any atom is -0.461 e. The van der Waals surface area contributed by atoms with Gasteiger partial charge in [0.05, 0.1) is 12.7 Å². The average molecular weight is 732 g/mol. The molecule has 0 aliphatic carbocycles. The number of imidazole rings is 1. The highest BCUT2D eigenvalue weighted by Gasteiger charge is 2.43. The summed E-state index contributed by atoms with van der Waals surface area (Å²) in [5.41, 5.74) is 17.9. The normalized spacial score (nSPS) is 20.6. The Labute approximate surface area is 298 Å². The lowest BCUT2D eigenvalue weighted by Crippen LogP contribution is -2.50. The number of aromatic nitrogens is 4. The number of ether oxygens (including phenoxy) is 5. The summed E-state index contributed by atoms with van der Waals surface area (Å²) in [6.07, 6.45) is -6.55. The zero-order valence-corrected chi connectivity index (χ0v) is 29.4. The van der Waals surface area contributed by atoms with Gasteiger partial charge in [-0.3, -0.25) is 28.7 Å². The van der Waals surface area contributed by atoms with Crippen molar-refractivity contribution in [1.82, 2.24) is 19.5 Å². The van der Waals surface area contributed by atoms with Gasteiger partial charge >= 0.3 is 23.9 Å². The fourth-order valence-electron chi connectivity index (χ4n) is 5.26.